The van der Waals surface area contributed by atoms with Gasteiger partial charge in [-0.2, -0.15) is 5.10 Å². The van der Waals surface area contributed by atoms with Crippen molar-refractivity contribution >= 4 is 5.91 Å². The summed E-state index contributed by atoms with van der Waals surface area (Å²) >= 11 is 0. The molecule has 2 N–H and O–H groups in total. The molecule has 22 heavy (non-hydrogen) atoms. The molecule has 0 unspecified atom stereocenters. The van der Waals surface area contributed by atoms with Crippen LogP contribution in [0.1, 0.15) is 25.8 Å². The first-order chi connectivity index (χ1) is 10.7. The van der Waals surface area contributed by atoms with Gasteiger partial charge in [0.25, 0.3) is 0 Å². The Morgan fingerprint density at radius 2 is 2.09 bits per heavy atom. The minimum Gasteiger partial charge on any atom is -0.355 e. The summed E-state index contributed by atoms with van der Waals surface area (Å²) in [5, 5.41) is 10.6. The Bertz CT molecular complexity index is 579. The maximum atomic E-state index is 11.8. The van der Waals surface area contributed by atoms with Gasteiger partial charge in [-0.1, -0.05) is 25.1 Å². The van der Waals surface area contributed by atoms with Crippen molar-refractivity contribution in [2.45, 2.75) is 32.7 Å². The number of hydrogen-bond donors (Lipinski definition) is 2. The zero-order valence-corrected chi connectivity index (χ0v) is 13.2. The largest absolute Gasteiger partial charge is 0.355 e. The molecule has 0 saturated heterocycles. The number of benzene rings is 1. The highest BCUT2D eigenvalue weighted by Crippen LogP contribution is 2.09. The van der Waals surface area contributed by atoms with Crippen LogP contribution in [0.2, 0.25) is 0 Å². The Hall–Kier alpha value is -2.14. The molecule has 0 spiro atoms. The zero-order chi connectivity index (χ0) is 15.8. The predicted molar refractivity (Wildman–Crippen MR) is 88.0 cm³/mol. The van der Waals surface area contributed by atoms with Gasteiger partial charge >= 0.3 is 0 Å². The van der Waals surface area contributed by atoms with Crippen molar-refractivity contribution in [3.8, 4) is 5.69 Å². The molecule has 1 aromatic carbocycles. The Kier molecular flexibility index (Phi) is 6.15. The fourth-order valence-corrected chi connectivity index (χ4v) is 2.24. The van der Waals surface area contributed by atoms with Gasteiger partial charge in [-0.15, -0.1) is 0 Å². The van der Waals surface area contributed by atoms with Crippen LogP contribution in [-0.4, -0.2) is 34.8 Å². The number of nitrogens with one attached hydrogen (secondary N) is 2. The van der Waals surface area contributed by atoms with Crippen LogP contribution >= 0.6 is 0 Å². The molecule has 2 rings (SSSR count). The van der Waals surface area contributed by atoms with E-state index in [2.05, 4.69) is 29.6 Å². The first-order valence-corrected chi connectivity index (χ1v) is 7.78. The molecule has 118 valence electrons. The van der Waals surface area contributed by atoms with E-state index in [0.717, 1.165) is 17.8 Å². The summed E-state index contributed by atoms with van der Waals surface area (Å²) in [5.41, 5.74) is 2.09. The smallest absolute Gasteiger partial charge is 0.220 e. The van der Waals surface area contributed by atoms with E-state index in [9.17, 15) is 4.79 Å². The second-order valence-corrected chi connectivity index (χ2v) is 5.39. The molecule has 5 heteroatoms. The molecule has 1 heterocycles. The van der Waals surface area contributed by atoms with E-state index in [1.165, 1.54) is 0 Å². The van der Waals surface area contributed by atoms with Crippen molar-refractivity contribution in [2.24, 2.45) is 0 Å². The van der Waals surface area contributed by atoms with Crippen molar-refractivity contribution in [1.82, 2.24) is 20.4 Å². The third-order valence-corrected chi connectivity index (χ3v) is 3.46. The highest BCUT2D eigenvalue weighted by molar-refractivity contribution is 5.76. The summed E-state index contributed by atoms with van der Waals surface area (Å²) < 4.78 is 1.83. The molecule has 5 nitrogen and oxygen atoms in total. The maximum Gasteiger partial charge on any atom is 0.220 e. The predicted octanol–water partition coefficient (Wildman–Crippen LogP) is 1.92. The van der Waals surface area contributed by atoms with Crippen LogP contribution in [0.25, 0.3) is 5.69 Å². The van der Waals surface area contributed by atoms with Gasteiger partial charge in [0.15, 0.2) is 0 Å². The number of para-hydroxylation sites is 1. The van der Waals surface area contributed by atoms with E-state index in [1.54, 1.807) is 0 Å². The van der Waals surface area contributed by atoms with Crippen molar-refractivity contribution in [2.75, 3.05) is 13.1 Å². The number of carbonyl (C=O) groups excluding carboxylic acids is 1. The van der Waals surface area contributed by atoms with Crippen molar-refractivity contribution in [1.29, 1.82) is 0 Å². The first kappa shape index (κ1) is 16.2. The minimum absolute atomic E-state index is 0.0808. The quantitative estimate of drug-likeness (QED) is 0.783. The van der Waals surface area contributed by atoms with Gasteiger partial charge in [-0.3, -0.25) is 4.79 Å². The summed E-state index contributed by atoms with van der Waals surface area (Å²) in [6.45, 7) is 5.70. The lowest BCUT2D eigenvalue weighted by Gasteiger charge is -2.12. The van der Waals surface area contributed by atoms with Gasteiger partial charge in [0.2, 0.25) is 5.91 Å². The molecule has 0 aliphatic rings. The standard InChI is InChI=1S/C17H24N4O/c1-3-18-14(2)11-19-17(22)10-9-15-12-20-21(13-15)16-7-5-4-6-8-16/h4-8,12-14,18H,3,9-11H2,1-2H3,(H,19,22)/t14-/m1/s1. The lowest BCUT2D eigenvalue weighted by atomic mass is 10.2. The molecular formula is C17H24N4O. The van der Waals surface area contributed by atoms with Crippen LogP contribution in [0.4, 0.5) is 0 Å². The fraction of sp³-hybridized carbons (Fsp3) is 0.412. The van der Waals surface area contributed by atoms with Gasteiger partial charge in [-0.25, -0.2) is 4.68 Å². The SMILES string of the molecule is CCN[C@H](C)CNC(=O)CCc1cnn(-c2ccccc2)c1. The number of aryl methyl sites for hydroxylation is 1. The van der Waals surface area contributed by atoms with Crippen molar-refractivity contribution < 1.29 is 4.79 Å². The van der Waals surface area contributed by atoms with Gasteiger partial charge < -0.3 is 10.6 Å². The van der Waals surface area contributed by atoms with Crippen molar-refractivity contribution in [3.05, 3.63) is 48.3 Å². The number of likely N-dealkylation sites (N-methyl/N-ethyl adjacent to an activating group) is 1. The molecule has 0 aliphatic heterocycles. The lowest BCUT2D eigenvalue weighted by Crippen LogP contribution is -2.38. The highest BCUT2D eigenvalue weighted by Gasteiger charge is 2.06. The zero-order valence-electron chi connectivity index (χ0n) is 13.2. The van der Waals surface area contributed by atoms with Crippen LogP contribution in [0.15, 0.2) is 42.7 Å². The Labute approximate surface area is 131 Å². The average Bonchev–Trinajstić information content (AvgIpc) is 3.01. The summed E-state index contributed by atoms with van der Waals surface area (Å²) in [4.78, 5) is 11.8. The number of amides is 1. The Morgan fingerprint density at radius 1 is 1.32 bits per heavy atom. The Balaban J connectivity index is 1.78. The molecular weight excluding hydrogens is 276 g/mol. The number of rotatable bonds is 8. The fourth-order valence-electron chi connectivity index (χ4n) is 2.24. The van der Waals surface area contributed by atoms with Crippen LogP contribution in [0.3, 0.4) is 0 Å². The van der Waals surface area contributed by atoms with Crippen LogP contribution < -0.4 is 10.6 Å². The second-order valence-electron chi connectivity index (χ2n) is 5.39. The molecule has 0 aliphatic carbocycles. The van der Waals surface area contributed by atoms with E-state index in [1.807, 2.05) is 47.4 Å². The van der Waals surface area contributed by atoms with Crippen LogP contribution in [0, 0.1) is 0 Å². The molecule has 1 atom stereocenters. The van der Waals surface area contributed by atoms with E-state index >= 15 is 0 Å². The molecule has 2 aromatic rings. The van der Waals surface area contributed by atoms with Crippen LogP contribution in [-0.2, 0) is 11.2 Å². The van der Waals surface area contributed by atoms with E-state index in [0.29, 0.717) is 25.4 Å². The van der Waals surface area contributed by atoms with E-state index in [-0.39, 0.29) is 5.91 Å². The number of carbonyl (C=O) groups is 1. The van der Waals surface area contributed by atoms with E-state index < -0.39 is 0 Å². The topological polar surface area (TPSA) is 58.9 Å². The summed E-state index contributed by atoms with van der Waals surface area (Å²) in [6, 6.07) is 10.3. The number of nitrogens with zero attached hydrogens (tertiary/aromatic N) is 2. The minimum atomic E-state index is 0.0808. The van der Waals surface area contributed by atoms with E-state index in [4.69, 9.17) is 0 Å². The van der Waals surface area contributed by atoms with Crippen molar-refractivity contribution in [3.63, 3.8) is 0 Å². The molecule has 0 saturated carbocycles. The monoisotopic (exact) mass is 300 g/mol. The Morgan fingerprint density at radius 3 is 2.82 bits per heavy atom. The lowest BCUT2D eigenvalue weighted by molar-refractivity contribution is -0.121. The first-order valence-electron chi connectivity index (χ1n) is 7.78. The summed E-state index contributed by atoms with van der Waals surface area (Å²) in [7, 11) is 0. The molecule has 0 radical (unpaired) electrons. The van der Waals surface area contributed by atoms with Gasteiger partial charge in [0, 0.05) is 25.2 Å². The van der Waals surface area contributed by atoms with Crippen LogP contribution in [0.5, 0.6) is 0 Å². The highest BCUT2D eigenvalue weighted by atomic mass is 16.1. The second kappa shape index (κ2) is 8.34. The van der Waals surface area contributed by atoms with Gasteiger partial charge in [0.05, 0.1) is 11.9 Å². The molecule has 0 fully saturated rings. The normalized spacial score (nSPS) is 12.1. The third-order valence-electron chi connectivity index (χ3n) is 3.46. The third kappa shape index (κ3) is 5.00. The summed E-state index contributed by atoms with van der Waals surface area (Å²) in [6.07, 6.45) is 4.99. The van der Waals surface area contributed by atoms with Gasteiger partial charge in [0.1, 0.15) is 0 Å². The maximum absolute atomic E-state index is 11.8. The molecule has 1 aromatic heterocycles. The number of aromatic nitrogens is 2. The summed E-state index contributed by atoms with van der Waals surface area (Å²) in [5.74, 6) is 0.0808. The van der Waals surface area contributed by atoms with Gasteiger partial charge in [-0.05, 0) is 37.6 Å². The number of hydrogen-bond acceptors (Lipinski definition) is 3. The molecule has 0 bridgehead atoms. The molecule has 1 amide bonds. The average molecular weight is 300 g/mol.